The normalized spacial score (nSPS) is 29.8. The highest BCUT2D eigenvalue weighted by molar-refractivity contribution is 8.00. The quantitative estimate of drug-likeness (QED) is 0.321. The van der Waals surface area contributed by atoms with Gasteiger partial charge in [-0.3, -0.25) is 28.6 Å². The van der Waals surface area contributed by atoms with E-state index in [0.29, 0.717) is 5.69 Å². The Morgan fingerprint density at radius 2 is 1.68 bits per heavy atom. The summed E-state index contributed by atoms with van der Waals surface area (Å²) in [6, 6.07) is 17.1. The Balaban J connectivity index is 1.33. The molecule has 40 heavy (non-hydrogen) atoms. The average Bonchev–Trinajstić information content (AvgIpc) is 3.68. The summed E-state index contributed by atoms with van der Waals surface area (Å²) in [5, 5.41) is 0.826. The molecule has 2 amide bonds. The van der Waals surface area contributed by atoms with Crippen molar-refractivity contribution in [2.75, 3.05) is 18.6 Å². The number of imide groups is 1. The van der Waals surface area contributed by atoms with Crippen molar-refractivity contribution >= 4 is 46.6 Å². The van der Waals surface area contributed by atoms with Gasteiger partial charge in [-0.05, 0) is 60.9 Å². The molecule has 1 aromatic heterocycles. The minimum atomic E-state index is -0.447. The fourth-order valence-corrected chi connectivity index (χ4v) is 10.8. The van der Waals surface area contributed by atoms with Crippen molar-refractivity contribution in [2.45, 2.75) is 36.1 Å². The van der Waals surface area contributed by atoms with Crippen LogP contribution in [0.4, 0.5) is 5.69 Å². The van der Waals surface area contributed by atoms with Gasteiger partial charge in [0.15, 0.2) is 0 Å². The van der Waals surface area contributed by atoms with E-state index in [2.05, 4.69) is 0 Å². The Hall–Kier alpha value is -3.37. The summed E-state index contributed by atoms with van der Waals surface area (Å²) in [6.45, 7) is 1.85. The van der Waals surface area contributed by atoms with E-state index in [4.69, 9.17) is 9.47 Å². The number of carbonyl (C=O) groups excluding carboxylic acids is 3. The Kier molecular flexibility index (Phi) is 6.16. The summed E-state index contributed by atoms with van der Waals surface area (Å²) in [5.74, 6) is -0.675. The molecule has 7 rings (SSSR count). The first kappa shape index (κ1) is 25.6. The monoisotopic (exact) mass is 576 g/mol. The molecule has 1 saturated heterocycles. The molecule has 0 spiro atoms. The molecule has 2 saturated carbocycles. The molecule has 2 aliphatic heterocycles. The number of hydrogen-bond acceptors (Lipinski definition) is 8. The van der Waals surface area contributed by atoms with E-state index < -0.39 is 5.97 Å². The molecule has 2 aromatic carbocycles. The van der Waals surface area contributed by atoms with E-state index in [1.54, 1.807) is 25.8 Å². The van der Waals surface area contributed by atoms with Crippen molar-refractivity contribution in [1.82, 2.24) is 4.57 Å². The lowest BCUT2D eigenvalue weighted by molar-refractivity contribution is -0.144. The number of thiazole rings is 1. The summed E-state index contributed by atoms with van der Waals surface area (Å²) in [4.78, 5) is 55.4. The number of rotatable bonds is 6. The van der Waals surface area contributed by atoms with Gasteiger partial charge < -0.3 is 9.47 Å². The maximum absolute atomic E-state index is 13.9. The summed E-state index contributed by atoms with van der Waals surface area (Å²) < 4.78 is 12.1. The first-order valence-electron chi connectivity index (χ1n) is 13.6. The first-order chi connectivity index (χ1) is 19.4. The van der Waals surface area contributed by atoms with Crippen molar-refractivity contribution in [3.05, 3.63) is 74.7 Å². The van der Waals surface area contributed by atoms with Gasteiger partial charge >= 0.3 is 10.8 Å². The molecule has 10 heteroatoms. The highest BCUT2D eigenvalue weighted by atomic mass is 32.2. The number of ether oxygens (including phenoxy) is 2. The molecule has 7 atom stereocenters. The van der Waals surface area contributed by atoms with Crippen molar-refractivity contribution in [3.63, 3.8) is 0 Å². The van der Waals surface area contributed by atoms with Gasteiger partial charge in [-0.1, -0.05) is 41.7 Å². The van der Waals surface area contributed by atoms with Crippen molar-refractivity contribution in [2.24, 2.45) is 29.6 Å². The summed E-state index contributed by atoms with van der Waals surface area (Å²) in [7, 11) is 1.62. The molecule has 3 aromatic rings. The number of para-hydroxylation sites is 1. The van der Waals surface area contributed by atoms with Crippen LogP contribution in [0.5, 0.6) is 5.75 Å². The van der Waals surface area contributed by atoms with Gasteiger partial charge in [-0.15, -0.1) is 11.8 Å². The molecule has 0 N–H and O–H groups in total. The van der Waals surface area contributed by atoms with Crippen LogP contribution in [0.3, 0.4) is 0 Å². The topological polar surface area (TPSA) is 94.9 Å². The van der Waals surface area contributed by atoms with E-state index in [1.807, 2.05) is 54.6 Å². The second kappa shape index (κ2) is 9.62. The molecule has 2 aliphatic carbocycles. The van der Waals surface area contributed by atoms with Crippen molar-refractivity contribution < 1.29 is 23.9 Å². The average molecular weight is 577 g/mol. The van der Waals surface area contributed by atoms with Crippen LogP contribution in [0.15, 0.2) is 64.4 Å². The van der Waals surface area contributed by atoms with Gasteiger partial charge in [-0.2, -0.15) is 0 Å². The van der Waals surface area contributed by atoms with E-state index in [9.17, 15) is 19.2 Å². The molecule has 0 radical (unpaired) electrons. The number of aromatic nitrogens is 1. The van der Waals surface area contributed by atoms with Crippen molar-refractivity contribution in [1.29, 1.82) is 0 Å². The molecule has 8 nitrogen and oxygen atoms in total. The second-order valence-electron chi connectivity index (χ2n) is 10.8. The molecule has 206 valence electrons. The van der Waals surface area contributed by atoms with Gasteiger partial charge in [0.1, 0.15) is 12.3 Å². The molecule has 3 fully saturated rings. The van der Waals surface area contributed by atoms with Crippen LogP contribution in [0.2, 0.25) is 0 Å². The van der Waals surface area contributed by atoms with Crippen LogP contribution >= 0.6 is 23.1 Å². The number of methoxy groups -OCH3 is 1. The number of carbonyl (C=O) groups is 3. The molecule has 4 aliphatic rings. The van der Waals surface area contributed by atoms with Crippen LogP contribution < -0.4 is 14.5 Å². The zero-order valence-corrected chi connectivity index (χ0v) is 23.7. The predicted molar refractivity (Wildman–Crippen MR) is 151 cm³/mol. The lowest BCUT2D eigenvalue weighted by Gasteiger charge is -2.43. The van der Waals surface area contributed by atoms with Gasteiger partial charge in [-0.25, -0.2) is 0 Å². The van der Waals surface area contributed by atoms with E-state index >= 15 is 0 Å². The lowest BCUT2D eigenvalue weighted by atomic mass is 9.68. The minimum Gasteiger partial charge on any atom is -0.497 e. The third kappa shape index (κ3) is 3.65. The highest BCUT2D eigenvalue weighted by Gasteiger charge is 2.69. The summed E-state index contributed by atoms with van der Waals surface area (Å²) in [5.41, 5.74) is 1.67. The molecule has 2 bridgehead atoms. The summed E-state index contributed by atoms with van der Waals surface area (Å²) >= 11 is 2.79. The number of hydrogen-bond donors (Lipinski definition) is 0. The van der Waals surface area contributed by atoms with Crippen LogP contribution in [-0.4, -0.2) is 41.3 Å². The zero-order chi connectivity index (χ0) is 27.7. The van der Waals surface area contributed by atoms with Gasteiger partial charge in [0.2, 0.25) is 11.8 Å². The minimum absolute atomic E-state index is 0.00936. The Morgan fingerprint density at radius 3 is 2.35 bits per heavy atom. The Labute approximate surface area is 239 Å². The standard InChI is InChI=1S/C30H28N2O6S2/c1-3-38-20(33)14-31-29-26(40-30(31)36)21(15-9-11-17(37-2)12-10-15)22-18-13-19(25(22)39-29)24-23(18)27(34)32(28(24)35)16-7-5-4-6-8-16/h4-12,18-19,21-25H,3,13-14H2,1-2H3. The number of esters is 1. The first-order valence-corrected chi connectivity index (χ1v) is 15.2. The molecule has 7 unspecified atom stereocenters. The third-order valence-electron chi connectivity index (χ3n) is 9.03. The maximum atomic E-state index is 13.9. The molecular weight excluding hydrogens is 548 g/mol. The van der Waals surface area contributed by atoms with Gasteiger partial charge in [0.25, 0.3) is 0 Å². The highest BCUT2D eigenvalue weighted by Crippen LogP contribution is 2.69. The SMILES string of the molecule is CCOC(=O)Cn1c2c(sc1=O)C(c1ccc(OC)cc1)C1C3CC(C1S2)C1C(=O)N(c2ccccc2)C(=O)C31. The van der Waals surface area contributed by atoms with Crippen LogP contribution in [0.1, 0.15) is 29.7 Å². The number of fused-ring (bicyclic) bond motifs is 9. The zero-order valence-electron chi connectivity index (χ0n) is 22.0. The maximum Gasteiger partial charge on any atom is 0.326 e. The third-order valence-corrected chi connectivity index (χ3v) is 11.8. The number of thioether (sulfide) groups is 1. The van der Waals surface area contributed by atoms with Gasteiger partial charge in [0.05, 0.1) is 36.3 Å². The largest absolute Gasteiger partial charge is 0.497 e. The Morgan fingerprint density at radius 1 is 0.975 bits per heavy atom. The van der Waals surface area contributed by atoms with Gasteiger partial charge in [0, 0.05) is 16.0 Å². The smallest absolute Gasteiger partial charge is 0.326 e. The van der Waals surface area contributed by atoms with E-state index in [-0.39, 0.29) is 70.6 Å². The number of anilines is 1. The molecular formula is C30H28N2O6S2. The lowest BCUT2D eigenvalue weighted by Crippen LogP contribution is -2.43. The number of amides is 2. The second-order valence-corrected chi connectivity index (χ2v) is 13.0. The Bertz CT molecular complexity index is 1560. The fourth-order valence-electron chi connectivity index (χ4n) is 7.61. The fraction of sp³-hybridized carbons (Fsp3) is 0.400. The molecule has 3 heterocycles. The van der Waals surface area contributed by atoms with E-state index in [0.717, 1.165) is 27.6 Å². The number of nitrogens with zero attached hydrogens (tertiary/aromatic N) is 2. The van der Waals surface area contributed by atoms with Crippen LogP contribution in [0.25, 0.3) is 0 Å². The van der Waals surface area contributed by atoms with Crippen molar-refractivity contribution in [3.8, 4) is 5.75 Å². The summed E-state index contributed by atoms with van der Waals surface area (Å²) in [6.07, 6.45) is 0.807. The van der Waals surface area contributed by atoms with Crippen LogP contribution in [-0.2, 0) is 25.7 Å². The van der Waals surface area contributed by atoms with E-state index in [1.165, 1.54) is 20.8 Å². The predicted octanol–water partition coefficient (Wildman–Crippen LogP) is 4.16. The number of benzene rings is 2. The van der Waals surface area contributed by atoms with Crippen LogP contribution in [0, 0.1) is 29.6 Å².